The van der Waals surface area contributed by atoms with E-state index in [1.807, 2.05) is 27.7 Å². The van der Waals surface area contributed by atoms with Crippen LogP contribution < -0.4 is 0 Å². The predicted octanol–water partition coefficient (Wildman–Crippen LogP) is 7.48. The van der Waals surface area contributed by atoms with E-state index < -0.39 is 27.5 Å². The zero-order valence-corrected chi connectivity index (χ0v) is 42.5. The fourth-order valence-corrected chi connectivity index (χ4v) is 11.1. The predicted molar refractivity (Wildman–Crippen MR) is 260 cm³/mol. The summed E-state index contributed by atoms with van der Waals surface area (Å²) in [6.07, 6.45) is 24.8. The second kappa shape index (κ2) is 23.4. The van der Waals surface area contributed by atoms with Crippen LogP contribution in [0.3, 0.4) is 0 Å². The van der Waals surface area contributed by atoms with Crippen molar-refractivity contribution in [1.29, 1.82) is 0 Å². The molecule has 0 aliphatic carbocycles. The van der Waals surface area contributed by atoms with Crippen molar-refractivity contribution in [3.8, 4) is 0 Å². The largest absolute Gasteiger partial charge is 0.390 e. The van der Waals surface area contributed by atoms with Gasteiger partial charge in [0.1, 0.15) is 0 Å². The molecule has 336 valence electrons. The molecule has 0 radical (unpaired) electrons. The monoisotopic (exact) mass is 873 g/mol. The average molecular weight is 873 g/mol. The molecule has 0 aromatic rings. The lowest BCUT2D eigenvalue weighted by Crippen LogP contribution is -2.26. The smallest absolute Gasteiger partial charge is 0.0852 e. The molecule has 0 saturated carbocycles. The molecule has 4 heterocycles. The van der Waals surface area contributed by atoms with Gasteiger partial charge in [0, 0.05) is 23.7 Å². The number of hydrogen-bond donors (Lipinski definition) is 4. The van der Waals surface area contributed by atoms with Crippen LogP contribution in [0.5, 0.6) is 0 Å². The first-order valence-electron chi connectivity index (χ1n) is 21.3. The molecule has 0 aromatic heterocycles. The lowest BCUT2D eigenvalue weighted by atomic mass is 9.98. The third kappa shape index (κ3) is 20.2. The lowest BCUT2D eigenvalue weighted by Gasteiger charge is -2.18. The van der Waals surface area contributed by atoms with Crippen LogP contribution >= 0.6 is 27.5 Å². The Hall–Kier alpha value is 0.880. The van der Waals surface area contributed by atoms with E-state index in [9.17, 15) is 20.4 Å². The Morgan fingerprint density at radius 3 is 0.571 bits per heavy atom. The number of rotatable bonds is 12. The van der Waals surface area contributed by atoms with Gasteiger partial charge in [0.2, 0.25) is 0 Å². The molecule has 0 bridgehead atoms. The summed E-state index contributed by atoms with van der Waals surface area (Å²) in [6.45, 7) is 30.3. The number of aliphatic hydroxyl groups excluding tert-OH is 4. The van der Waals surface area contributed by atoms with Crippen LogP contribution in [0.1, 0.15) is 81.1 Å². The zero-order chi connectivity index (χ0) is 43.7. The minimum Gasteiger partial charge on any atom is -0.390 e. The molecule has 4 aliphatic rings. The van der Waals surface area contributed by atoms with Crippen LogP contribution in [0.4, 0.5) is 0 Å². The summed E-state index contributed by atoms with van der Waals surface area (Å²) in [5, 5.41) is 39.6. The van der Waals surface area contributed by atoms with Gasteiger partial charge in [-0.25, -0.2) is 0 Å². The molecule has 4 aliphatic heterocycles. The van der Waals surface area contributed by atoms with E-state index in [1.165, 1.54) is 0 Å². The maximum absolute atomic E-state index is 9.89. The quantitative estimate of drug-likeness (QED) is 0.149. The third-order valence-electron chi connectivity index (χ3n) is 12.3. The number of ether oxygens (including phenoxy) is 4. The summed E-state index contributed by atoms with van der Waals surface area (Å²) in [6, 6.07) is 0. The Bertz CT molecular complexity index is 1130. The molecule has 4 fully saturated rings. The number of hydrogen-bond acceptors (Lipinski definition) is 8. The van der Waals surface area contributed by atoms with Crippen molar-refractivity contribution < 1.29 is 39.4 Å². The first-order valence-corrected chi connectivity index (χ1v) is 33.5. The van der Waals surface area contributed by atoms with Crippen molar-refractivity contribution in [2.75, 3.05) is 78.0 Å². The van der Waals surface area contributed by atoms with E-state index in [2.05, 4.69) is 106 Å². The minimum atomic E-state index is -0.975. The Morgan fingerprint density at radius 1 is 0.339 bits per heavy atom. The van der Waals surface area contributed by atoms with Crippen molar-refractivity contribution in [1.82, 2.24) is 0 Å². The van der Waals surface area contributed by atoms with Gasteiger partial charge in [-0.2, -0.15) is 0 Å². The first kappa shape index (κ1) is 54.9. The second-order valence-corrected chi connectivity index (χ2v) is 38.0. The van der Waals surface area contributed by atoms with Gasteiger partial charge in [0.05, 0.1) is 73.2 Å². The molecule has 56 heavy (non-hydrogen) atoms. The molecule has 4 saturated heterocycles. The van der Waals surface area contributed by atoms with Crippen LogP contribution in [0.25, 0.3) is 0 Å². The van der Waals surface area contributed by atoms with Crippen molar-refractivity contribution in [3.05, 3.63) is 0 Å². The molecule has 16 atom stereocenters. The molecule has 8 nitrogen and oxygen atoms in total. The highest BCUT2D eigenvalue weighted by Crippen LogP contribution is 2.41. The Labute approximate surface area is 346 Å². The van der Waals surface area contributed by atoms with Gasteiger partial charge in [0.25, 0.3) is 0 Å². The fraction of sp³-hybridized carbons (Fsp3) is 0.909. The summed E-state index contributed by atoms with van der Waals surface area (Å²) in [4.78, 5) is 0. The molecular weight excluding hydrogens is 780 g/mol. The first-order chi connectivity index (χ1) is 25.2. The molecule has 4 N–H and O–H groups in total. The maximum atomic E-state index is 9.89. The summed E-state index contributed by atoms with van der Waals surface area (Å²) in [5.41, 5.74) is 0. The van der Waals surface area contributed by atoms with Crippen molar-refractivity contribution in [2.24, 2.45) is 23.7 Å². The normalized spacial score (nSPS) is 38.9. The molecule has 0 spiro atoms. The maximum Gasteiger partial charge on any atom is 0.0852 e. The van der Waals surface area contributed by atoms with Crippen molar-refractivity contribution >= 4 is 52.7 Å². The average Bonchev–Trinajstić information content (AvgIpc) is 3.66. The van der Waals surface area contributed by atoms with Crippen LogP contribution in [0.2, 0.25) is 0 Å². The van der Waals surface area contributed by atoms with E-state index in [4.69, 9.17) is 18.9 Å². The zero-order valence-electron chi connectivity index (χ0n) is 38.9. The Balaban J connectivity index is 0.000000373. The van der Waals surface area contributed by atoms with Crippen LogP contribution in [-0.2, 0) is 18.9 Å². The summed E-state index contributed by atoms with van der Waals surface area (Å²) >= 11 is 0. The standard InChI is InChI=1S/4C11H23O2P/c4*1-8-9(2)13-10(11(8)12)6-7-14(3,4)5/h4*8-12H,3,6-7H2,1-2,4-5H3/t4*8?,9-,10+,11-/m0000/s1. The molecule has 0 aromatic carbocycles. The van der Waals surface area contributed by atoms with Crippen molar-refractivity contribution in [3.63, 3.8) is 0 Å². The van der Waals surface area contributed by atoms with Gasteiger partial charge in [-0.1, -0.05) is 27.7 Å². The minimum absolute atomic E-state index is 0.0426. The molecule has 4 unspecified atom stereocenters. The number of aliphatic hydroxyl groups is 4. The van der Waals surface area contributed by atoms with Crippen molar-refractivity contribution in [2.45, 2.75) is 154 Å². The topological polar surface area (TPSA) is 118 Å². The van der Waals surface area contributed by atoms with Gasteiger partial charge in [-0.05, 0) is 131 Å². The van der Waals surface area contributed by atoms with Crippen LogP contribution in [0.15, 0.2) is 0 Å². The highest BCUT2D eigenvalue weighted by Gasteiger charge is 2.40. The van der Waals surface area contributed by atoms with Gasteiger partial charge >= 0.3 is 0 Å². The van der Waals surface area contributed by atoms with E-state index in [-0.39, 0.29) is 96.9 Å². The molecular formula is C44H92O8P4. The van der Waals surface area contributed by atoms with Crippen LogP contribution in [-0.4, -0.2) is 197 Å². The highest BCUT2D eigenvalue weighted by molar-refractivity contribution is 7.73. The van der Waals surface area contributed by atoms with Gasteiger partial charge in [-0.15, -0.1) is 52.7 Å². The van der Waals surface area contributed by atoms with Gasteiger partial charge < -0.3 is 39.4 Å². The highest BCUT2D eigenvalue weighted by atomic mass is 31.2. The summed E-state index contributed by atoms with van der Waals surface area (Å²) < 4.78 is 22.9. The van der Waals surface area contributed by atoms with E-state index >= 15 is 0 Å². The van der Waals surface area contributed by atoms with E-state index in [0.717, 1.165) is 50.3 Å². The van der Waals surface area contributed by atoms with Crippen LogP contribution in [0, 0.1) is 23.7 Å². The van der Waals surface area contributed by atoms with E-state index in [0.29, 0.717) is 0 Å². The lowest BCUT2D eigenvalue weighted by molar-refractivity contribution is 0.0150. The Kier molecular flexibility index (Phi) is 22.9. The SMILES string of the molecule is C=P(C)(C)CC[C@H]1O[C@@H](C)C(C)[C@@H]1O.C=P(C)(C)CC[C@H]1O[C@@H](C)C(C)[C@@H]1O.C=P(C)(C)CC[C@H]1O[C@@H](C)C(C)[C@@H]1O.C=P(C)(C)CC[C@H]1O[C@@H](C)C(C)[C@@H]1O. The summed E-state index contributed by atoms with van der Waals surface area (Å²) in [7, 11) is 0. The molecule has 0 amide bonds. The Morgan fingerprint density at radius 2 is 0.482 bits per heavy atom. The van der Waals surface area contributed by atoms with E-state index in [1.54, 1.807) is 0 Å². The molecule has 12 heteroatoms. The second-order valence-electron chi connectivity index (χ2n) is 20.7. The fourth-order valence-electron chi connectivity index (χ4n) is 7.25. The third-order valence-corrected chi connectivity index (χ3v) is 18.1. The summed E-state index contributed by atoms with van der Waals surface area (Å²) in [5.74, 6) is 1.08. The van der Waals surface area contributed by atoms with Gasteiger partial charge in [0.15, 0.2) is 0 Å². The molecule has 4 rings (SSSR count). The van der Waals surface area contributed by atoms with Gasteiger partial charge in [-0.3, -0.25) is 0 Å².